The first-order valence-electron chi connectivity index (χ1n) is 7.87. The minimum absolute atomic E-state index is 0.208. The standard InChI is InChI=1S/C17H24N2O2/c1-18-15(11-14-4-3-9-21-14)12-5-7-16-13(10-12)6-8-17(20)19(16)2/h5,7,10,14-15,18H,3-4,6,8-9,11H2,1-2H3. The monoisotopic (exact) mass is 288 g/mol. The molecule has 0 spiro atoms. The van der Waals surface area contributed by atoms with Crippen molar-refractivity contribution in [3.05, 3.63) is 29.3 Å². The number of nitrogens with one attached hydrogen (secondary N) is 1. The van der Waals surface area contributed by atoms with Gasteiger partial charge in [-0.25, -0.2) is 0 Å². The Morgan fingerprint density at radius 2 is 2.29 bits per heavy atom. The number of ether oxygens (including phenoxy) is 1. The number of amides is 1. The van der Waals surface area contributed by atoms with Crippen LogP contribution in [0.5, 0.6) is 0 Å². The van der Waals surface area contributed by atoms with Gasteiger partial charge >= 0.3 is 0 Å². The van der Waals surface area contributed by atoms with Crippen LogP contribution in [0, 0.1) is 0 Å². The minimum atomic E-state index is 0.208. The van der Waals surface area contributed by atoms with E-state index in [1.807, 2.05) is 14.1 Å². The molecule has 1 fully saturated rings. The summed E-state index contributed by atoms with van der Waals surface area (Å²) >= 11 is 0. The molecule has 1 amide bonds. The topological polar surface area (TPSA) is 41.6 Å². The van der Waals surface area contributed by atoms with Crippen molar-refractivity contribution in [1.82, 2.24) is 5.32 Å². The van der Waals surface area contributed by atoms with E-state index < -0.39 is 0 Å². The van der Waals surface area contributed by atoms with Crippen LogP contribution >= 0.6 is 0 Å². The Balaban J connectivity index is 1.79. The Morgan fingerprint density at radius 3 is 3.00 bits per heavy atom. The summed E-state index contributed by atoms with van der Waals surface area (Å²) in [6, 6.07) is 6.81. The number of hydrogen-bond donors (Lipinski definition) is 1. The van der Waals surface area contributed by atoms with Gasteiger partial charge < -0.3 is 15.0 Å². The van der Waals surface area contributed by atoms with Crippen molar-refractivity contribution >= 4 is 11.6 Å². The molecule has 4 nitrogen and oxygen atoms in total. The zero-order valence-corrected chi connectivity index (χ0v) is 12.9. The van der Waals surface area contributed by atoms with E-state index in [0.29, 0.717) is 18.6 Å². The van der Waals surface area contributed by atoms with E-state index in [4.69, 9.17) is 4.74 Å². The smallest absolute Gasteiger partial charge is 0.227 e. The fraction of sp³-hybridized carbons (Fsp3) is 0.588. The third-order valence-corrected chi connectivity index (χ3v) is 4.72. The first-order chi connectivity index (χ1) is 10.2. The minimum Gasteiger partial charge on any atom is -0.378 e. The number of carbonyl (C=O) groups is 1. The van der Waals surface area contributed by atoms with Gasteiger partial charge in [0.15, 0.2) is 0 Å². The molecule has 2 aliphatic heterocycles. The molecule has 0 saturated carbocycles. The van der Waals surface area contributed by atoms with Crippen molar-refractivity contribution in [3.63, 3.8) is 0 Å². The molecular weight excluding hydrogens is 264 g/mol. The summed E-state index contributed by atoms with van der Waals surface area (Å²) in [7, 11) is 3.87. The summed E-state index contributed by atoms with van der Waals surface area (Å²) in [5, 5.41) is 3.41. The molecule has 2 heterocycles. The molecule has 1 aromatic carbocycles. The maximum atomic E-state index is 11.8. The van der Waals surface area contributed by atoms with E-state index >= 15 is 0 Å². The second kappa shape index (κ2) is 6.16. The SMILES string of the molecule is CNC(CC1CCCO1)c1ccc2c(c1)CCC(=O)N2C. The van der Waals surface area contributed by atoms with Gasteiger partial charge in [-0.05, 0) is 49.9 Å². The molecule has 1 saturated heterocycles. The lowest BCUT2D eigenvalue weighted by molar-refractivity contribution is -0.118. The van der Waals surface area contributed by atoms with E-state index in [2.05, 4.69) is 23.5 Å². The molecule has 2 unspecified atom stereocenters. The lowest BCUT2D eigenvalue weighted by Gasteiger charge is -2.28. The van der Waals surface area contributed by atoms with Crippen molar-refractivity contribution in [2.24, 2.45) is 0 Å². The van der Waals surface area contributed by atoms with Gasteiger partial charge in [-0.3, -0.25) is 4.79 Å². The van der Waals surface area contributed by atoms with Crippen LogP contribution in [0.2, 0.25) is 0 Å². The molecule has 3 rings (SSSR count). The van der Waals surface area contributed by atoms with Gasteiger partial charge in [-0.15, -0.1) is 0 Å². The van der Waals surface area contributed by atoms with Crippen molar-refractivity contribution in [1.29, 1.82) is 0 Å². The molecule has 4 heteroatoms. The third-order valence-electron chi connectivity index (χ3n) is 4.72. The summed E-state index contributed by atoms with van der Waals surface area (Å²) in [5.41, 5.74) is 3.64. The highest BCUT2D eigenvalue weighted by molar-refractivity contribution is 5.95. The molecule has 114 valence electrons. The maximum absolute atomic E-state index is 11.8. The summed E-state index contributed by atoms with van der Waals surface area (Å²) in [6.45, 7) is 0.901. The molecule has 0 aliphatic carbocycles. The number of aryl methyl sites for hydroxylation is 1. The molecular formula is C17H24N2O2. The zero-order chi connectivity index (χ0) is 14.8. The second-order valence-corrected chi connectivity index (χ2v) is 6.05. The predicted octanol–water partition coefficient (Wildman–Crippen LogP) is 2.43. The van der Waals surface area contributed by atoms with Crippen molar-refractivity contribution in [2.45, 2.75) is 44.2 Å². The Labute approximate surface area is 126 Å². The molecule has 21 heavy (non-hydrogen) atoms. The number of hydrogen-bond acceptors (Lipinski definition) is 3. The Morgan fingerprint density at radius 1 is 1.43 bits per heavy atom. The average molecular weight is 288 g/mol. The highest BCUT2D eigenvalue weighted by atomic mass is 16.5. The van der Waals surface area contributed by atoms with Crippen LogP contribution < -0.4 is 10.2 Å². The predicted molar refractivity (Wildman–Crippen MR) is 83.6 cm³/mol. The second-order valence-electron chi connectivity index (χ2n) is 6.05. The van der Waals surface area contributed by atoms with E-state index in [1.165, 1.54) is 24.0 Å². The van der Waals surface area contributed by atoms with Gasteiger partial charge in [-0.1, -0.05) is 12.1 Å². The number of carbonyl (C=O) groups excluding carboxylic acids is 1. The van der Waals surface area contributed by atoms with Crippen LogP contribution in [0.4, 0.5) is 5.69 Å². The third kappa shape index (κ3) is 2.97. The summed E-state index contributed by atoms with van der Waals surface area (Å²) in [6.07, 6.45) is 5.21. The summed E-state index contributed by atoms with van der Waals surface area (Å²) in [4.78, 5) is 13.5. The van der Waals surface area contributed by atoms with Crippen molar-refractivity contribution in [2.75, 3.05) is 25.6 Å². The van der Waals surface area contributed by atoms with Gasteiger partial charge in [0.2, 0.25) is 5.91 Å². The van der Waals surface area contributed by atoms with Crippen LogP contribution in [-0.2, 0) is 16.0 Å². The summed E-state index contributed by atoms with van der Waals surface area (Å²) in [5.74, 6) is 0.208. The Bertz CT molecular complexity index is 524. The van der Waals surface area contributed by atoms with Gasteiger partial charge in [0, 0.05) is 31.8 Å². The van der Waals surface area contributed by atoms with Crippen LogP contribution in [0.1, 0.15) is 42.9 Å². The molecule has 0 aromatic heterocycles. The van der Waals surface area contributed by atoms with E-state index in [9.17, 15) is 4.79 Å². The molecule has 1 N–H and O–H groups in total. The molecule has 2 aliphatic rings. The van der Waals surface area contributed by atoms with E-state index in [1.54, 1.807) is 4.90 Å². The number of rotatable bonds is 4. The number of benzene rings is 1. The van der Waals surface area contributed by atoms with Crippen molar-refractivity contribution < 1.29 is 9.53 Å². The van der Waals surface area contributed by atoms with E-state index in [-0.39, 0.29) is 5.91 Å². The average Bonchev–Trinajstić information content (AvgIpc) is 3.01. The van der Waals surface area contributed by atoms with Crippen LogP contribution in [0.15, 0.2) is 18.2 Å². The first kappa shape index (κ1) is 14.5. The molecule has 0 radical (unpaired) electrons. The number of nitrogens with zero attached hydrogens (tertiary/aromatic N) is 1. The highest BCUT2D eigenvalue weighted by Gasteiger charge is 2.24. The van der Waals surface area contributed by atoms with Gasteiger partial charge in [0.25, 0.3) is 0 Å². The highest BCUT2D eigenvalue weighted by Crippen LogP contribution is 2.31. The normalized spacial score (nSPS) is 23.2. The first-order valence-corrected chi connectivity index (χ1v) is 7.87. The number of fused-ring (bicyclic) bond motifs is 1. The molecule has 1 aromatic rings. The molecule has 2 atom stereocenters. The lowest BCUT2D eigenvalue weighted by atomic mass is 9.93. The van der Waals surface area contributed by atoms with Gasteiger partial charge in [0.1, 0.15) is 0 Å². The Hall–Kier alpha value is -1.39. The molecule has 0 bridgehead atoms. The largest absolute Gasteiger partial charge is 0.378 e. The number of anilines is 1. The maximum Gasteiger partial charge on any atom is 0.227 e. The zero-order valence-electron chi connectivity index (χ0n) is 12.9. The van der Waals surface area contributed by atoms with E-state index in [0.717, 1.165) is 25.1 Å². The van der Waals surface area contributed by atoms with Crippen molar-refractivity contribution in [3.8, 4) is 0 Å². The fourth-order valence-corrected chi connectivity index (χ4v) is 3.41. The quantitative estimate of drug-likeness (QED) is 0.925. The lowest BCUT2D eigenvalue weighted by Crippen LogP contribution is -2.31. The van der Waals surface area contributed by atoms with Gasteiger partial charge in [-0.2, -0.15) is 0 Å². The van der Waals surface area contributed by atoms with Crippen LogP contribution in [-0.4, -0.2) is 32.7 Å². The summed E-state index contributed by atoms with van der Waals surface area (Å²) < 4.78 is 5.76. The van der Waals surface area contributed by atoms with Crippen LogP contribution in [0.3, 0.4) is 0 Å². The fourth-order valence-electron chi connectivity index (χ4n) is 3.41. The van der Waals surface area contributed by atoms with Crippen LogP contribution in [0.25, 0.3) is 0 Å². The van der Waals surface area contributed by atoms with Gasteiger partial charge in [0.05, 0.1) is 6.10 Å². The Kier molecular flexibility index (Phi) is 4.27.